The molecular formula is C19H19BrN4O6. The molecule has 0 aliphatic heterocycles. The van der Waals surface area contributed by atoms with Gasteiger partial charge in [-0.25, -0.2) is 4.98 Å². The van der Waals surface area contributed by atoms with Crippen LogP contribution < -0.4 is 9.47 Å². The van der Waals surface area contributed by atoms with Crippen LogP contribution in [0, 0.1) is 27.2 Å². The Morgan fingerprint density at radius 1 is 0.967 bits per heavy atom. The van der Waals surface area contributed by atoms with Gasteiger partial charge < -0.3 is 14.0 Å². The van der Waals surface area contributed by atoms with Gasteiger partial charge in [0.2, 0.25) is 0 Å². The van der Waals surface area contributed by atoms with Crippen LogP contribution >= 0.6 is 15.9 Å². The van der Waals surface area contributed by atoms with Gasteiger partial charge in [-0.3, -0.25) is 20.2 Å². The number of methoxy groups -OCH3 is 2. The van der Waals surface area contributed by atoms with Gasteiger partial charge in [-0.1, -0.05) is 0 Å². The van der Waals surface area contributed by atoms with E-state index in [1.54, 1.807) is 18.5 Å². The lowest BCUT2D eigenvalue weighted by atomic mass is 10.1. The normalized spacial score (nSPS) is 10.0. The molecule has 0 aliphatic rings. The third-order valence-corrected chi connectivity index (χ3v) is 4.77. The van der Waals surface area contributed by atoms with Gasteiger partial charge in [0.15, 0.2) is 0 Å². The molecule has 2 aromatic carbocycles. The van der Waals surface area contributed by atoms with E-state index in [2.05, 4.69) is 20.9 Å². The molecule has 1 aromatic heterocycles. The van der Waals surface area contributed by atoms with Crippen molar-refractivity contribution in [3.05, 3.63) is 73.1 Å². The van der Waals surface area contributed by atoms with E-state index in [9.17, 15) is 20.2 Å². The lowest BCUT2D eigenvalue weighted by Gasteiger charge is -2.09. The zero-order chi connectivity index (χ0) is 22.4. The number of hydrogen-bond donors (Lipinski definition) is 0. The summed E-state index contributed by atoms with van der Waals surface area (Å²) in [6.07, 6.45) is 1.70. The first-order valence-electron chi connectivity index (χ1n) is 8.48. The molecule has 0 aliphatic carbocycles. The summed E-state index contributed by atoms with van der Waals surface area (Å²) in [6, 6.07) is 8.92. The molecule has 0 amide bonds. The van der Waals surface area contributed by atoms with Crippen molar-refractivity contribution >= 4 is 27.3 Å². The molecular weight excluding hydrogens is 460 g/mol. The van der Waals surface area contributed by atoms with Crippen molar-refractivity contribution in [2.45, 2.75) is 6.92 Å². The predicted octanol–water partition coefficient (Wildman–Crippen LogP) is 4.68. The first kappa shape index (κ1) is 22.8. The van der Waals surface area contributed by atoms with E-state index in [4.69, 9.17) is 9.47 Å². The third-order valence-electron chi connectivity index (χ3n) is 4.12. The first-order valence-corrected chi connectivity index (χ1v) is 9.27. The van der Waals surface area contributed by atoms with Gasteiger partial charge in [0.25, 0.3) is 11.4 Å². The van der Waals surface area contributed by atoms with E-state index in [0.717, 1.165) is 17.0 Å². The Morgan fingerprint density at radius 3 is 1.97 bits per heavy atom. The zero-order valence-electron chi connectivity index (χ0n) is 16.7. The minimum absolute atomic E-state index is 0.00965. The molecule has 0 fully saturated rings. The summed E-state index contributed by atoms with van der Waals surface area (Å²) in [5, 5.41) is 21.0. The number of non-ortho nitro benzene ring substituents is 2. The number of aromatic nitrogens is 2. The summed E-state index contributed by atoms with van der Waals surface area (Å²) < 4.78 is 12.7. The van der Waals surface area contributed by atoms with Gasteiger partial charge in [-0.15, -0.1) is 0 Å². The van der Waals surface area contributed by atoms with Crippen LogP contribution in [0.3, 0.4) is 0 Å². The Hall–Kier alpha value is -3.47. The summed E-state index contributed by atoms with van der Waals surface area (Å²) in [6.45, 7) is 1.89. The molecule has 1 heterocycles. The van der Waals surface area contributed by atoms with Gasteiger partial charge in [0.1, 0.15) is 11.5 Å². The number of hydrogen-bond acceptors (Lipinski definition) is 7. The molecule has 3 aromatic rings. The highest BCUT2D eigenvalue weighted by Gasteiger charge is 2.16. The van der Waals surface area contributed by atoms with Crippen LogP contribution in [-0.2, 0) is 7.05 Å². The Balaban J connectivity index is 0.000000232. The van der Waals surface area contributed by atoms with E-state index >= 15 is 0 Å². The molecule has 0 saturated heterocycles. The van der Waals surface area contributed by atoms with Crippen LogP contribution in [0.25, 0.3) is 11.3 Å². The summed E-state index contributed by atoms with van der Waals surface area (Å²) in [4.78, 5) is 24.3. The minimum atomic E-state index is -0.463. The third kappa shape index (κ3) is 5.11. The quantitative estimate of drug-likeness (QED) is 0.385. The van der Waals surface area contributed by atoms with Crippen LogP contribution in [0.5, 0.6) is 11.5 Å². The molecule has 0 N–H and O–H groups in total. The van der Waals surface area contributed by atoms with Gasteiger partial charge in [0.05, 0.1) is 58.4 Å². The molecule has 11 heteroatoms. The number of nitro groups is 2. The Bertz CT molecular complexity index is 1060. The number of rotatable bonds is 5. The summed E-state index contributed by atoms with van der Waals surface area (Å²) >= 11 is 3.19. The van der Waals surface area contributed by atoms with Gasteiger partial charge in [-0.2, -0.15) is 0 Å². The predicted molar refractivity (Wildman–Crippen MR) is 114 cm³/mol. The largest absolute Gasteiger partial charge is 0.496 e. The fourth-order valence-electron chi connectivity index (χ4n) is 2.68. The highest BCUT2D eigenvalue weighted by Crippen LogP contribution is 2.34. The second-order valence-electron chi connectivity index (χ2n) is 6.01. The number of benzene rings is 2. The van der Waals surface area contributed by atoms with Crippen molar-refractivity contribution in [3.8, 4) is 22.8 Å². The number of nitro benzene ring substituents is 2. The van der Waals surface area contributed by atoms with Gasteiger partial charge >= 0.3 is 0 Å². The second kappa shape index (κ2) is 9.83. The molecule has 158 valence electrons. The summed E-state index contributed by atoms with van der Waals surface area (Å²) in [5.74, 6) is 0.931. The van der Waals surface area contributed by atoms with Crippen molar-refractivity contribution < 1.29 is 19.3 Å². The van der Waals surface area contributed by atoms with Crippen LogP contribution in [0.15, 0.2) is 47.2 Å². The Labute approximate surface area is 180 Å². The van der Waals surface area contributed by atoms with Crippen molar-refractivity contribution in [2.24, 2.45) is 7.05 Å². The average molecular weight is 479 g/mol. The molecule has 0 spiro atoms. The lowest BCUT2D eigenvalue weighted by molar-refractivity contribution is -0.385. The number of imidazole rings is 1. The van der Waals surface area contributed by atoms with E-state index in [0.29, 0.717) is 16.0 Å². The lowest BCUT2D eigenvalue weighted by Crippen LogP contribution is -1.96. The molecule has 0 unspecified atom stereocenters. The molecule has 30 heavy (non-hydrogen) atoms. The van der Waals surface area contributed by atoms with E-state index in [-0.39, 0.29) is 11.4 Å². The standard InChI is InChI=1S/C12H13N3O3.C7H6BrNO3/c1-8-12(14(2)7-13-8)10-5-4-9(15(16)17)6-11(10)18-3;1-12-7-4-5(9(10)11)2-3-6(7)8/h4-7H,1-3H3;2-4H,1H3. The highest BCUT2D eigenvalue weighted by molar-refractivity contribution is 9.10. The summed E-state index contributed by atoms with van der Waals surface area (Å²) in [5.41, 5.74) is 2.57. The molecule has 0 atom stereocenters. The van der Waals surface area contributed by atoms with E-state index in [1.165, 1.54) is 38.5 Å². The topological polar surface area (TPSA) is 123 Å². The maximum atomic E-state index is 10.7. The molecule has 10 nitrogen and oxygen atoms in total. The fourth-order valence-corrected chi connectivity index (χ4v) is 3.09. The molecule has 0 saturated carbocycles. The number of ether oxygens (including phenoxy) is 2. The number of halogens is 1. The van der Waals surface area contributed by atoms with Gasteiger partial charge in [-0.05, 0) is 35.0 Å². The van der Waals surface area contributed by atoms with Crippen LogP contribution in [0.4, 0.5) is 11.4 Å². The SMILES string of the molecule is COc1cc([N+](=O)[O-])ccc1-c1c(C)ncn1C.COc1cc([N+](=O)[O-])ccc1Br. The first-order chi connectivity index (χ1) is 14.2. The molecule has 3 rings (SSSR count). The minimum Gasteiger partial charge on any atom is -0.496 e. The monoisotopic (exact) mass is 478 g/mol. The van der Waals surface area contributed by atoms with Crippen LogP contribution in [-0.4, -0.2) is 33.6 Å². The van der Waals surface area contributed by atoms with E-state index < -0.39 is 9.85 Å². The second-order valence-corrected chi connectivity index (χ2v) is 6.86. The van der Waals surface area contributed by atoms with Crippen molar-refractivity contribution in [1.82, 2.24) is 9.55 Å². The van der Waals surface area contributed by atoms with Crippen molar-refractivity contribution in [2.75, 3.05) is 14.2 Å². The maximum absolute atomic E-state index is 10.7. The van der Waals surface area contributed by atoms with Crippen LogP contribution in [0.2, 0.25) is 0 Å². The summed E-state index contributed by atoms with van der Waals surface area (Å²) in [7, 11) is 4.83. The highest BCUT2D eigenvalue weighted by atomic mass is 79.9. The Morgan fingerprint density at radius 2 is 1.50 bits per heavy atom. The smallest absolute Gasteiger partial charge is 0.273 e. The van der Waals surface area contributed by atoms with Crippen molar-refractivity contribution in [3.63, 3.8) is 0 Å². The van der Waals surface area contributed by atoms with Crippen LogP contribution in [0.1, 0.15) is 5.69 Å². The fraction of sp³-hybridized carbons (Fsp3) is 0.211. The maximum Gasteiger partial charge on any atom is 0.273 e. The van der Waals surface area contributed by atoms with Crippen molar-refractivity contribution in [1.29, 1.82) is 0 Å². The number of aryl methyl sites for hydroxylation is 2. The average Bonchev–Trinajstić information content (AvgIpc) is 3.06. The van der Waals surface area contributed by atoms with E-state index in [1.807, 2.05) is 18.5 Å². The Kier molecular flexibility index (Phi) is 7.48. The zero-order valence-corrected chi connectivity index (χ0v) is 18.2. The van der Waals surface area contributed by atoms with Gasteiger partial charge in [0, 0.05) is 24.7 Å². The molecule has 0 bridgehead atoms. The number of nitrogens with zero attached hydrogens (tertiary/aromatic N) is 4. The molecule has 0 radical (unpaired) electrons.